The first kappa shape index (κ1) is 18.5. The van der Waals surface area contributed by atoms with Gasteiger partial charge in [-0.15, -0.1) is 10.2 Å². The second-order valence-corrected chi connectivity index (χ2v) is 8.41. The van der Waals surface area contributed by atoms with Crippen molar-refractivity contribution in [1.82, 2.24) is 19.7 Å². The molecule has 0 aliphatic heterocycles. The number of para-hydroxylation sites is 1. The van der Waals surface area contributed by atoms with E-state index in [-0.39, 0.29) is 32.2 Å². The van der Waals surface area contributed by atoms with E-state index in [9.17, 15) is 28.6 Å². The smallest absolute Gasteiger partial charge is 0.342 e. The van der Waals surface area contributed by atoms with Gasteiger partial charge in [0.25, 0.3) is 11.5 Å². The number of sulfone groups is 1. The van der Waals surface area contributed by atoms with Crippen LogP contribution in [0.2, 0.25) is 0 Å². The number of imidazole rings is 1. The Morgan fingerprint density at radius 1 is 1.15 bits per heavy atom. The Morgan fingerprint density at radius 2 is 1.85 bits per heavy atom. The molecule has 0 spiro atoms. The van der Waals surface area contributed by atoms with Gasteiger partial charge in [0, 0.05) is 11.6 Å². The SMILES string of the molecule is Cn1c([N+](=O)[O-])cnc1-c1nnc(S(=O)(=O)Cc2ccccc2[N+](=O)[O-])s1. The molecule has 0 N–H and O–H groups in total. The minimum Gasteiger partial charge on any atom is -0.358 e. The molecule has 14 heteroatoms. The summed E-state index contributed by atoms with van der Waals surface area (Å²) in [5.41, 5.74) is -0.294. The van der Waals surface area contributed by atoms with E-state index < -0.39 is 25.4 Å². The number of hydrogen-bond acceptors (Lipinski definition) is 10. The topological polar surface area (TPSA) is 164 Å². The molecule has 12 nitrogen and oxygen atoms in total. The Labute approximate surface area is 155 Å². The van der Waals surface area contributed by atoms with E-state index in [0.29, 0.717) is 11.3 Å². The van der Waals surface area contributed by atoms with Gasteiger partial charge < -0.3 is 10.1 Å². The van der Waals surface area contributed by atoms with E-state index in [4.69, 9.17) is 0 Å². The second-order valence-electron chi connectivity index (χ2n) is 5.27. The molecule has 0 aliphatic carbocycles. The zero-order chi connectivity index (χ0) is 19.8. The van der Waals surface area contributed by atoms with Crippen LogP contribution in [-0.2, 0) is 22.6 Å². The first-order valence-electron chi connectivity index (χ1n) is 7.15. The number of rotatable bonds is 6. The minimum atomic E-state index is -4.01. The van der Waals surface area contributed by atoms with Crippen molar-refractivity contribution >= 4 is 32.7 Å². The third-order valence-electron chi connectivity index (χ3n) is 3.55. The molecular formula is C13H10N6O6S2. The van der Waals surface area contributed by atoms with Crippen molar-refractivity contribution < 1.29 is 18.3 Å². The molecule has 0 bridgehead atoms. The molecule has 0 fully saturated rings. The molecular weight excluding hydrogens is 400 g/mol. The van der Waals surface area contributed by atoms with E-state index >= 15 is 0 Å². The van der Waals surface area contributed by atoms with Crippen LogP contribution in [0, 0.1) is 20.2 Å². The summed E-state index contributed by atoms with van der Waals surface area (Å²) in [6.45, 7) is 0. The number of nitro groups is 2. The van der Waals surface area contributed by atoms with E-state index in [0.717, 1.165) is 10.8 Å². The van der Waals surface area contributed by atoms with Gasteiger partial charge in [-0.1, -0.05) is 29.5 Å². The van der Waals surface area contributed by atoms with Crippen molar-refractivity contribution in [3.8, 4) is 10.8 Å². The lowest BCUT2D eigenvalue weighted by atomic mass is 10.2. The zero-order valence-corrected chi connectivity index (χ0v) is 15.2. The lowest BCUT2D eigenvalue weighted by molar-refractivity contribution is -0.391. The van der Waals surface area contributed by atoms with Crippen molar-refractivity contribution in [3.63, 3.8) is 0 Å². The van der Waals surface area contributed by atoms with Gasteiger partial charge in [-0.3, -0.25) is 10.1 Å². The molecule has 0 saturated heterocycles. The molecule has 3 rings (SSSR count). The Bertz CT molecular complexity index is 1150. The van der Waals surface area contributed by atoms with Crippen molar-refractivity contribution in [2.75, 3.05) is 0 Å². The average Bonchev–Trinajstić information content (AvgIpc) is 3.21. The summed E-state index contributed by atoms with van der Waals surface area (Å²) in [4.78, 5) is 24.5. The molecule has 2 heterocycles. The Kier molecular flexibility index (Phi) is 4.67. The highest BCUT2D eigenvalue weighted by atomic mass is 32.2. The van der Waals surface area contributed by atoms with Gasteiger partial charge in [0.2, 0.25) is 19.2 Å². The monoisotopic (exact) mass is 410 g/mol. The van der Waals surface area contributed by atoms with Crippen molar-refractivity contribution in [2.45, 2.75) is 10.1 Å². The van der Waals surface area contributed by atoms with Crippen LogP contribution >= 0.6 is 11.3 Å². The maximum absolute atomic E-state index is 12.6. The van der Waals surface area contributed by atoms with Crippen LogP contribution < -0.4 is 0 Å². The standard InChI is InChI=1S/C13H10N6O6S2/c1-17-10(19(22)23)6-14-11(17)12-15-16-13(26-12)27(24,25)7-8-4-2-3-5-9(8)18(20)21/h2-6H,7H2,1H3. The van der Waals surface area contributed by atoms with Crippen LogP contribution in [0.1, 0.15) is 5.56 Å². The summed E-state index contributed by atoms with van der Waals surface area (Å²) in [6, 6.07) is 5.49. The largest absolute Gasteiger partial charge is 0.358 e. The first-order chi connectivity index (χ1) is 12.7. The molecule has 0 aliphatic rings. The lowest BCUT2D eigenvalue weighted by Crippen LogP contribution is -2.06. The Balaban J connectivity index is 1.94. The maximum atomic E-state index is 12.6. The van der Waals surface area contributed by atoms with Gasteiger partial charge >= 0.3 is 5.82 Å². The molecule has 1 aromatic carbocycles. The molecule has 0 radical (unpaired) electrons. The van der Waals surface area contributed by atoms with Gasteiger partial charge in [0.05, 0.1) is 17.7 Å². The fraction of sp³-hybridized carbons (Fsp3) is 0.154. The van der Waals surface area contributed by atoms with Crippen LogP contribution in [0.25, 0.3) is 10.8 Å². The van der Waals surface area contributed by atoms with Gasteiger partial charge in [-0.25, -0.2) is 18.0 Å². The van der Waals surface area contributed by atoms with Crippen molar-refractivity contribution in [3.05, 3.63) is 56.3 Å². The summed E-state index contributed by atoms with van der Waals surface area (Å²) < 4.78 is 25.9. The highest BCUT2D eigenvalue weighted by molar-refractivity contribution is 7.92. The number of nitrogens with zero attached hydrogens (tertiary/aromatic N) is 6. The van der Waals surface area contributed by atoms with Crippen LogP contribution in [0.4, 0.5) is 11.5 Å². The summed E-state index contributed by atoms with van der Waals surface area (Å²) in [5, 5.41) is 29.4. The highest BCUT2D eigenvalue weighted by Gasteiger charge is 2.28. The van der Waals surface area contributed by atoms with E-state index in [1.54, 1.807) is 0 Å². The van der Waals surface area contributed by atoms with Gasteiger partial charge in [-0.05, 0) is 4.92 Å². The third kappa shape index (κ3) is 3.52. The Hall–Kier alpha value is -3.26. The summed E-state index contributed by atoms with van der Waals surface area (Å²) in [5.74, 6) is -0.824. The van der Waals surface area contributed by atoms with Crippen LogP contribution in [0.15, 0.2) is 34.8 Å². The molecule has 0 atom stereocenters. The van der Waals surface area contributed by atoms with Gasteiger partial charge in [0.1, 0.15) is 6.20 Å². The van der Waals surface area contributed by atoms with E-state index in [1.165, 1.54) is 31.3 Å². The predicted molar refractivity (Wildman–Crippen MR) is 92.8 cm³/mol. The predicted octanol–water partition coefficient (Wildman–Crippen LogP) is 1.73. The number of nitro benzene ring substituents is 1. The van der Waals surface area contributed by atoms with Crippen LogP contribution in [0.3, 0.4) is 0 Å². The minimum absolute atomic E-state index is 0.0203. The molecule has 2 aromatic heterocycles. The maximum Gasteiger partial charge on any atom is 0.342 e. The molecule has 140 valence electrons. The summed E-state index contributed by atoms with van der Waals surface area (Å²) in [6.07, 6.45) is 1.03. The first-order valence-corrected chi connectivity index (χ1v) is 9.62. The second kappa shape index (κ2) is 6.81. The molecule has 0 saturated carbocycles. The van der Waals surface area contributed by atoms with Crippen molar-refractivity contribution in [1.29, 1.82) is 0 Å². The highest BCUT2D eigenvalue weighted by Crippen LogP contribution is 2.30. The third-order valence-corrected chi connectivity index (χ3v) is 6.58. The average molecular weight is 410 g/mol. The van der Waals surface area contributed by atoms with E-state index in [1.807, 2.05) is 0 Å². The van der Waals surface area contributed by atoms with Crippen LogP contribution in [-0.4, -0.2) is 38.0 Å². The number of hydrogen-bond donors (Lipinski definition) is 0. The Morgan fingerprint density at radius 3 is 2.48 bits per heavy atom. The number of benzene rings is 1. The number of aromatic nitrogens is 4. The molecule has 0 unspecified atom stereocenters. The molecule has 3 aromatic rings. The molecule has 27 heavy (non-hydrogen) atoms. The van der Waals surface area contributed by atoms with Gasteiger partial charge in [0.15, 0.2) is 0 Å². The van der Waals surface area contributed by atoms with E-state index in [2.05, 4.69) is 15.2 Å². The van der Waals surface area contributed by atoms with Crippen molar-refractivity contribution in [2.24, 2.45) is 7.05 Å². The quantitative estimate of drug-likeness (QED) is 0.434. The lowest BCUT2D eigenvalue weighted by Gasteiger charge is -2.02. The normalized spacial score (nSPS) is 11.4. The fourth-order valence-corrected chi connectivity index (χ4v) is 4.75. The van der Waals surface area contributed by atoms with Crippen LogP contribution in [0.5, 0.6) is 0 Å². The molecule has 0 amide bonds. The summed E-state index contributed by atoms with van der Waals surface area (Å²) >= 11 is 0.680. The van der Waals surface area contributed by atoms with Gasteiger partial charge in [-0.2, -0.15) is 0 Å². The summed E-state index contributed by atoms with van der Waals surface area (Å²) in [7, 11) is -2.62. The fourth-order valence-electron chi connectivity index (χ4n) is 2.27. The zero-order valence-electron chi connectivity index (χ0n) is 13.5.